The van der Waals surface area contributed by atoms with Gasteiger partial charge < -0.3 is 19.5 Å². The molecule has 3 aromatic rings. The van der Waals surface area contributed by atoms with E-state index in [0.29, 0.717) is 40.6 Å². The Bertz CT molecular complexity index is 970. The molecule has 3 rings (SSSR count). The zero-order chi connectivity index (χ0) is 22.1. The molecular weight excluding hydrogens is 442 g/mol. The highest BCUT2D eigenvalue weighted by molar-refractivity contribution is 6.31. The van der Waals surface area contributed by atoms with Crippen molar-refractivity contribution in [3.63, 3.8) is 0 Å². The van der Waals surface area contributed by atoms with Crippen LogP contribution >= 0.6 is 23.2 Å². The van der Waals surface area contributed by atoms with Gasteiger partial charge in [-0.15, -0.1) is 0 Å². The van der Waals surface area contributed by atoms with Crippen LogP contribution in [0.5, 0.6) is 17.4 Å². The third kappa shape index (κ3) is 6.72. The molecule has 0 fully saturated rings. The first-order valence-corrected chi connectivity index (χ1v) is 10.5. The first-order valence-electron chi connectivity index (χ1n) is 9.75. The van der Waals surface area contributed by atoms with Crippen molar-refractivity contribution in [1.29, 1.82) is 0 Å². The van der Waals surface area contributed by atoms with E-state index in [1.807, 2.05) is 18.2 Å². The average Bonchev–Trinajstić information content (AvgIpc) is 2.77. The molecule has 0 bridgehead atoms. The summed E-state index contributed by atoms with van der Waals surface area (Å²) < 4.78 is 30.7. The van der Waals surface area contributed by atoms with E-state index in [0.717, 1.165) is 18.5 Å². The lowest BCUT2D eigenvalue weighted by Gasteiger charge is -2.15. The highest BCUT2D eigenvalue weighted by Crippen LogP contribution is 2.34. The first kappa shape index (κ1) is 23.1. The molecule has 31 heavy (non-hydrogen) atoms. The standard InChI is InChI=1S/C23H23Cl2FN2O3/c1-29-21-12-16(14-27-9-5-11-30-23-8-2-3-10-28-23)19(25)13-22(21)31-15-17-18(24)6-4-7-20(17)26/h2-4,6-8,10,12-13,27H,5,9,11,14-15H2,1H3. The maximum absolute atomic E-state index is 14.0. The average molecular weight is 465 g/mol. The summed E-state index contributed by atoms with van der Waals surface area (Å²) in [6, 6.07) is 13.5. The van der Waals surface area contributed by atoms with E-state index in [1.54, 1.807) is 37.6 Å². The number of aromatic nitrogens is 1. The van der Waals surface area contributed by atoms with Crippen molar-refractivity contribution >= 4 is 23.2 Å². The number of ether oxygens (including phenoxy) is 3. The number of nitrogens with one attached hydrogen (secondary N) is 1. The summed E-state index contributed by atoms with van der Waals surface area (Å²) in [6.45, 7) is 1.83. The maximum atomic E-state index is 14.0. The van der Waals surface area contributed by atoms with Crippen molar-refractivity contribution in [2.45, 2.75) is 19.6 Å². The molecule has 1 heterocycles. The van der Waals surface area contributed by atoms with Crippen molar-refractivity contribution in [3.05, 3.63) is 81.7 Å². The Kier molecular flexibility index (Phi) is 8.76. The summed E-state index contributed by atoms with van der Waals surface area (Å²) in [6.07, 6.45) is 2.51. The molecule has 1 N–H and O–H groups in total. The van der Waals surface area contributed by atoms with Gasteiger partial charge in [0, 0.05) is 35.5 Å². The zero-order valence-corrected chi connectivity index (χ0v) is 18.5. The minimum atomic E-state index is -0.426. The van der Waals surface area contributed by atoms with E-state index in [4.69, 9.17) is 37.4 Å². The van der Waals surface area contributed by atoms with E-state index in [2.05, 4.69) is 10.3 Å². The quantitative estimate of drug-likeness (QED) is 0.370. The Morgan fingerprint density at radius 2 is 1.87 bits per heavy atom. The smallest absolute Gasteiger partial charge is 0.213 e. The fraction of sp³-hybridized carbons (Fsp3) is 0.261. The summed E-state index contributed by atoms with van der Waals surface area (Å²) in [5, 5.41) is 4.15. The van der Waals surface area contributed by atoms with Gasteiger partial charge in [0.15, 0.2) is 11.5 Å². The molecule has 8 heteroatoms. The van der Waals surface area contributed by atoms with E-state index in [1.165, 1.54) is 6.07 Å². The van der Waals surface area contributed by atoms with Crippen molar-refractivity contribution in [2.75, 3.05) is 20.3 Å². The number of hydrogen-bond acceptors (Lipinski definition) is 5. The molecule has 2 aromatic carbocycles. The summed E-state index contributed by atoms with van der Waals surface area (Å²) >= 11 is 12.5. The van der Waals surface area contributed by atoms with E-state index in [9.17, 15) is 4.39 Å². The van der Waals surface area contributed by atoms with Gasteiger partial charge in [0.1, 0.15) is 12.4 Å². The van der Waals surface area contributed by atoms with E-state index in [-0.39, 0.29) is 12.2 Å². The Hall–Kier alpha value is -2.54. The van der Waals surface area contributed by atoms with E-state index < -0.39 is 5.82 Å². The molecule has 5 nitrogen and oxygen atoms in total. The molecule has 0 atom stereocenters. The minimum Gasteiger partial charge on any atom is -0.493 e. The van der Waals surface area contributed by atoms with Crippen LogP contribution < -0.4 is 19.5 Å². The second kappa shape index (κ2) is 11.7. The summed E-state index contributed by atoms with van der Waals surface area (Å²) in [4.78, 5) is 4.11. The van der Waals surface area contributed by atoms with Crippen LogP contribution in [-0.4, -0.2) is 25.2 Å². The molecule has 0 spiro atoms. The van der Waals surface area contributed by atoms with Crippen molar-refractivity contribution in [2.24, 2.45) is 0 Å². The molecule has 0 saturated carbocycles. The molecule has 164 valence electrons. The normalized spacial score (nSPS) is 10.7. The molecule has 0 aliphatic heterocycles. The van der Waals surface area contributed by atoms with Crippen LogP contribution in [0.4, 0.5) is 4.39 Å². The molecule has 0 amide bonds. The molecule has 0 aliphatic carbocycles. The molecule has 0 radical (unpaired) electrons. The molecular formula is C23H23Cl2FN2O3. The largest absolute Gasteiger partial charge is 0.493 e. The monoisotopic (exact) mass is 464 g/mol. The SMILES string of the molecule is COc1cc(CNCCCOc2ccccn2)c(Cl)cc1OCc1c(F)cccc1Cl. The van der Waals surface area contributed by atoms with Crippen LogP contribution in [-0.2, 0) is 13.2 Å². The van der Waals surface area contributed by atoms with Gasteiger partial charge in [-0.05, 0) is 42.8 Å². The third-order valence-electron chi connectivity index (χ3n) is 4.47. The van der Waals surface area contributed by atoms with Gasteiger partial charge in [-0.3, -0.25) is 0 Å². The lowest BCUT2D eigenvalue weighted by atomic mass is 10.2. The van der Waals surface area contributed by atoms with Crippen molar-refractivity contribution in [3.8, 4) is 17.4 Å². The number of rotatable bonds is 11. The van der Waals surface area contributed by atoms with Gasteiger partial charge in [0.2, 0.25) is 5.88 Å². The number of halogens is 3. The summed E-state index contributed by atoms with van der Waals surface area (Å²) in [5.41, 5.74) is 1.14. The highest BCUT2D eigenvalue weighted by atomic mass is 35.5. The molecule has 0 saturated heterocycles. The first-order chi connectivity index (χ1) is 15.1. The molecule has 0 aliphatic rings. The van der Waals surface area contributed by atoms with Crippen LogP contribution in [0.3, 0.4) is 0 Å². The van der Waals surface area contributed by atoms with Crippen LogP contribution in [0.25, 0.3) is 0 Å². The van der Waals surface area contributed by atoms with Gasteiger partial charge in [-0.2, -0.15) is 0 Å². The van der Waals surface area contributed by atoms with Crippen LogP contribution in [0.1, 0.15) is 17.5 Å². The minimum absolute atomic E-state index is 0.0357. The van der Waals surface area contributed by atoms with Gasteiger partial charge in [-0.25, -0.2) is 9.37 Å². The fourth-order valence-electron chi connectivity index (χ4n) is 2.83. The van der Waals surface area contributed by atoms with Gasteiger partial charge in [0.25, 0.3) is 0 Å². The number of hydrogen-bond donors (Lipinski definition) is 1. The maximum Gasteiger partial charge on any atom is 0.213 e. The van der Waals surface area contributed by atoms with Crippen LogP contribution in [0.15, 0.2) is 54.7 Å². The Labute approximate surface area is 191 Å². The van der Waals surface area contributed by atoms with Crippen LogP contribution in [0.2, 0.25) is 10.0 Å². The second-order valence-corrected chi connectivity index (χ2v) is 7.44. The topological polar surface area (TPSA) is 52.6 Å². The number of benzene rings is 2. The summed E-state index contributed by atoms with van der Waals surface area (Å²) in [7, 11) is 1.54. The number of nitrogens with zero attached hydrogens (tertiary/aromatic N) is 1. The Balaban J connectivity index is 1.51. The molecule has 0 unspecified atom stereocenters. The molecule has 1 aromatic heterocycles. The van der Waals surface area contributed by atoms with Crippen molar-refractivity contribution < 1.29 is 18.6 Å². The van der Waals surface area contributed by atoms with E-state index >= 15 is 0 Å². The van der Waals surface area contributed by atoms with Crippen molar-refractivity contribution in [1.82, 2.24) is 10.3 Å². The highest BCUT2D eigenvalue weighted by Gasteiger charge is 2.13. The lowest BCUT2D eigenvalue weighted by Crippen LogP contribution is -2.17. The van der Waals surface area contributed by atoms with Gasteiger partial charge >= 0.3 is 0 Å². The van der Waals surface area contributed by atoms with Gasteiger partial charge in [0.05, 0.1) is 18.7 Å². The predicted molar refractivity (Wildman–Crippen MR) is 120 cm³/mol. The predicted octanol–water partition coefficient (Wildman–Crippen LogP) is 5.67. The second-order valence-electron chi connectivity index (χ2n) is 6.63. The van der Waals surface area contributed by atoms with Crippen LogP contribution in [0, 0.1) is 5.82 Å². The Morgan fingerprint density at radius 1 is 1.00 bits per heavy atom. The number of methoxy groups -OCH3 is 1. The van der Waals surface area contributed by atoms with Gasteiger partial charge in [-0.1, -0.05) is 35.3 Å². The third-order valence-corrected chi connectivity index (χ3v) is 5.17. The zero-order valence-electron chi connectivity index (χ0n) is 17.0. The Morgan fingerprint density at radius 3 is 2.61 bits per heavy atom. The number of pyridine rings is 1. The fourth-order valence-corrected chi connectivity index (χ4v) is 3.27. The summed E-state index contributed by atoms with van der Waals surface area (Å²) in [5.74, 6) is 1.11. The lowest BCUT2D eigenvalue weighted by molar-refractivity contribution is 0.279.